The number of methoxy groups -OCH3 is 1. The normalized spacial score (nSPS) is 13.8. The molecular weight excluding hydrogens is 547 g/mol. The van der Waals surface area contributed by atoms with Gasteiger partial charge in [-0.25, -0.2) is 14.4 Å². The highest BCUT2D eigenvalue weighted by Crippen LogP contribution is 2.40. The summed E-state index contributed by atoms with van der Waals surface area (Å²) < 4.78 is 19.6. The number of rotatable bonds is 8. The van der Waals surface area contributed by atoms with Crippen molar-refractivity contribution in [1.29, 1.82) is 0 Å². The minimum absolute atomic E-state index is 0.299. The van der Waals surface area contributed by atoms with Crippen LogP contribution in [0.4, 0.5) is 28.7 Å². The molecule has 1 fully saturated rings. The second-order valence-electron chi connectivity index (χ2n) is 10.4. The van der Waals surface area contributed by atoms with Crippen LogP contribution < -0.4 is 25.1 Å². The van der Waals surface area contributed by atoms with E-state index in [9.17, 15) is 9.36 Å². The Bertz CT molecular complexity index is 1470. The molecule has 1 amide bonds. The molecule has 1 aromatic heterocycles. The van der Waals surface area contributed by atoms with Gasteiger partial charge >= 0.3 is 0 Å². The fourth-order valence-corrected chi connectivity index (χ4v) is 5.91. The molecule has 11 heteroatoms. The summed E-state index contributed by atoms with van der Waals surface area (Å²) in [6, 6.07) is 12.5. The average molecular weight is 581 g/mol. The van der Waals surface area contributed by atoms with Crippen molar-refractivity contribution in [2.75, 3.05) is 48.6 Å². The largest absolute Gasteiger partial charge is 0.495 e. The van der Waals surface area contributed by atoms with Crippen LogP contribution >= 0.6 is 18.9 Å². The molecule has 2 aromatic carbocycles. The maximum atomic E-state index is 12.7. The minimum Gasteiger partial charge on any atom is -0.495 e. The second kappa shape index (κ2) is 12.3. The summed E-state index contributed by atoms with van der Waals surface area (Å²) in [5, 5.41) is 6.62. The maximum absolute atomic E-state index is 12.7. The molecule has 0 atom stereocenters. The lowest BCUT2D eigenvalue weighted by molar-refractivity contribution is -0.111. The van der Waals surface area contributed by atoms with Crippen LogP contribution in [0.3, 0.4) is 0 Å². The lowest BCUT2D eigenvalue weighted by Crippen LogP contribution is -2.40. The summed E-state index contributed by atoms with van der Waals surface area (Å²) in [5.74, 6) is 6.29. The van der Waals surface area contributed by atoms with Crippen molar-refractivity contribution in [3.63, 3.8) is 0 Å². The Kier molecular flexibility index (Phi) is 9.05. The number of para-hydroxylation sites is 1. The molecule has 0 aliphatic carbocycles. The number of benzene rings is 2. The van der Waals surface area contributed by atoms with E-state index in [1.165, 1.54) is 4.42 Å². The zero-order valence-electron chi connectivity index (χ0n) is 23.4. The number of anilines is 5. The third-order valence-electron chi connectivity index (χ3n) is 6.62. The van der Waals surface area contributed by atoms with Crippen LogP contribution in [0.15, 0.2) is 54.9 Å². The summed E-state index contributed by atoms with van der Waals surface area (Å²) in [4.78, 5) is 23.7. The highest BCUT2D eigenvalue weighted by Gasteiger charge is 2.27. The first kappa shape index (κ1) is 29.4. The molecule has 2 heterocycles. The molecular formula is C29H34ClN6O3P. The number of aromatic nitrogens is 2. The number of carbonyl (C=O) groups is 1. The van der Waals surface area contributed by atoms with Gasteiger partial charge in [-0.2, -0.15) is 0 Å². The third-order valence-corrected chi connectivity index (χ3v) is 8.54. The predicted octanol–water partition coefficient (Wildman–Crippen LogP) is 5.59. The van der Waals surface area contributed by atoms with Gasteiger partial charge in [0.05, 0.1) is 42.1 Å². The molecule has 2 N–H and O–H groups in total. The molecule has 0 saturated carbocycles. The van der Waals surface area contributed by atoms with Gasteiger partial charge in [-0.1, -0.05) is 18.1 Å². The standard InChI is InChI=1S/C29H34ClN6O3P/c1-29(2,35-16-8-9-17-35)15-14-27(37)33-21-12-13-25(39-3)23(18-21)34-28-31-19-22(20-32-28)36(30)24-10-6-7-11-26(24)40(4,5)38/h6-7,10-13,18-20H,8-9,16-17H2,1-5H3,(H,33,37)(H,31,32,34). The number of nitrogens with one attached hydrogen (secondary N) is 2. The number of amides is 1. The summed E-state index contributed by atoms with van der Waals surface area (Å²) >= 11 is 6.60. The van der Waals surface area contributed by atoms with Gasteiger partial charge in [-0.05, 0) is 89.4 Å². The molecule has 0 radical (unpaired) electrons. The van der Waals surface area contributed by atoms with E-state index in [1.807, 2.05) is 26.0 Å². The van der Waals surface area contributed by atoms with Crippen LogP contribution in [0.2, 0.25) is 0 Å². The first-order valence-electron chi connectivity index (χ1n) is 12.9. The van der Waals surface area contributed by atoms with E-state index >= 15 is 0 Å². The van der Waals surface area contributed by atoms with Crippen LogP contribution in [0.1, 0.15) is 26.7 Å². The zero-order valence-corrected chi connectivity index (χ0v) is 25.0. The van der Waals surface area contributed by atoms with Gasteiger partial charge in [-0.15, -0.1) is 0 Å². The lowest BCUT2D eigenvalue weighted by Gasteiger charge is -2.30. The van der Waals surface area contributed by atoms with Gasteiger partial charge in [0.2, 0.25) is 5.95 Å². The number of carbonyl (C=O) groups excluding carboxylic acids is 1. The van der Waals surface area contributed by atoms with Crippen molar-refractivity contribution >= 4 is 58.8 Å². The van der Waals surface area contributed by atoms with Crippen molar-refractivity contribution in [2.24, 2.45) is 0 Å². The molecule has 0 unspecified atom stereocenters. The molecule has 3 aromatic rings. The highest BCUT2D eigenvalue weighted by atomic mass is 35.5. The molecule has 1 aliphatic rings. The number of hydrogen-bond donors (Lipinski definition) is 2. The Balaban J connectivity index is 1.48. The van der Waals surface area contributed by atoms with Crippen LogP contribution in [0.5, 0.6) is 5.75 Å². The lowest BCUT2D eigenvalue weighted by atomic mass is 10.0. The highest BCUT2D eigenvalue weighted by molar-refractivity contribution is 7.70. The van der Waals surface area contributed by atoms with E-state index in [2.05, 4.69) is 37.3 Å². The van der Waals surface area contributed by atoms with E-state index in [4.69, 9.17) is 16.5 Å². The van der Waals surface area contributed by atoms with E-state index < -0.39 is 13.0 Å². The molecule has 4 rings (SSSR count). The number of hydrogen-bond acceptors (Lipinski definition) is 8. The van der Waals surface area contributed by atoms with Gasteiger partial charge in [0.25, 0.3) is 5.91 Å². The number of ether oxygens (including phenoxy) is 1. The second-order valence-corrected chi connectivity index (χ2v) is 13.9. The van der Waals surface area contributed by atoms with E-state index in [0.717, 1.165) is 25.9 Å². The van der Waals surface area contributed by atoms with Gasteiger partial charge in [0.15, 0.2) is 0 Å². The molecule has 0 spiro atoms. The summed E-state index contributed by atoms with van der Waals surface area (Å²) in [6.07, 6.45) is 5.44. The number of nitrogens with zero attached hydrogens (tertiary/aromatic N) is 4. The monoisotopic (exact) mass is 580 g/mol. The first-order valence-corrected chi connectivity index (χ1v) is 15.9. The topological polar surface area (TPSA) is 99.7 Å². The Morgan fingerprint density at radius 2 is 1.80 bits per heavy atom. The van der Waals surface area contributed by atoms with Crippen LogP contribution in [0.25, 0.3) is 0 Å². The average Bonchev–Trinajstić information content (AvgIpc) is 3.48. The Labute approximate surface area is 240 Å². The van der Waals surface area contributed by atoms with Crippen molar-refractivity contribution in [2.45, 2.75) is 32.2 Å². The smallest absolute Gasteiger partial charge is 0.300 e. The molecule has 1 saturated heterocycles. The summed E-state index contributed by atoms with van der Waals surface area (Å²) in [6.45, 7) is 9.46. The fraction of sp³-hybridized carbons (Fsp3) is 0.345. The fourth-order valence-electron chi connectivity index (χ4n) is 4.44. The van der Waals surface area contributed by atoms with E-state index in [-0.39, 0.29) is 5.54 Å². The van der Waals surface area contributed by atoms with Crippen LogP contribution in [-0.4, -0.2) is 59.8 Å². The summed E-state index contributed by atoms with van der Waals surface area (Å²) in [7, 11) is -1.01. The van der Waals surface area contributed by atoms with Gasteiger partial charge in [0, 0.05) is 22.8 Å². The Morgan fingerprint density at radius 3 is 2.45 bits per heavy atom. The van der Waals surface area contributed by atoms with Gasteiger partial charge < -0.3 is 19.9 Å². The molecule has 9 nitrogen and oxygen atoms in total. The maximum Gasteiger partial charge on any atom is 0.300 e. The SMILES string of the molecule is COc1ccc(NC(=O)C#CC(C)(C)N2CCCC2)cc1Nc1ncc(N(Cl)c2ccccc2P(C)(C)=O)cn1. The van der Waals surface area contributed by atoms with E-state index in [0.29, 0.717) is 39.8 Å². The van der Waals surface area contributed by atoms with Gasteiger partial charge in [0.1, 0.15) is 12.9 Å². The summed E-state index contributed by atoms with van der Waals surface area (Å²) in [5.41, 5.74) is 1.86. The van der Waals surface area contributed by atoms with Gasteiger partial charge in [-0.3, -0.25) is 9.69 Å². The zero-order chi connectivity index (χ0) is 28.9. The Hall–Kier alpha value is -3.57. The molecule has 0 bridgehead atoms. The van der Waals surface area contributed by atoms with Crippen LogP contribution in [-0.2, 0) is 9.36 Å². The van der Waals surface area contributed by atoms with Crippen molar-refractivity contribution in [1.82, 2.24) is 14.9 Å². The van der Waals surface area contributed by atoms with Crippen LogP contribution in [0, 0.1) is 11.8 Å². The quantitative estimate of drug-likeness (QED) is 0.202. The predicted molar refractivity (Wildman–Crippen MR) is 163 cm³/mol. The van der Waals surface area contributed by atoms with E-state index in [1.54, 1.807) is 63.2 Å². The van der Waals surface area contributed by atoms with Crippen molar-refractivity contribution < 1.29 is 14.1 Å². The molecule has 1 aliphatic heterocycles. The molecule has 40 heavy (non-hydrogen) atoms. The number of likely N-dealkylation sites (tertiary alicyclic amines) is 1. The third kappa shape index (κ3) is 7.14. The minimum atomic E-state index is -2.56. The Morgan fingerprint density at radius 1 is 1.12 bits per heavy atom. The van der Waals surface area contributed by atoms with Crippen molar-refractivity contribution in [3.05, 3.63) is 54.9 Å². The first-order chi connectivity index (χ1) is 19.0. The molecule has 210 valence electrons. The number of halogens is 1. The van der Waals surface area contributed by atoms with Crippen molar-refractivity contribution in [3.8, 4) is 17.6 Å².